The zero-order valence-electron chi connectivity index (χ0n) is 15.9. The van der Waals surface area contributed by atoms with Crippen LogP contribution in [0.2, 0.25) is 0 Å². The molecule has 1 atom stereocenters. The van der Waals surface area contributed by atoms with Crippen LogP contribution in [0.4, 0.5) is 4.79 Å². The number of methoxy groups -OCH3 is 1. The van der Waals surface area contributed by atoms with Gasteiger partial charge in [-0.3, -0.25) is 9.59 Å². The molecule has 0 aliphatic heterocycles. The molecule has 0 spiro atoms. The average Bonchev–Trinajstić information content (AvgIpc) is 2.58. The molecule has 1 amide bonds. The van der Waals surface area contributed by atoms with Crippen LogP contribution in [0, 0.1) is 0 Å². The molecular weight excluding hydrogens is 354 g/mol. The second-order valence-electron chi connectivity index (χ2n) is 6.79. The molecule has 148 valence electrons. The smallest absolute Gasteiger partial charge is 0.408 e. The van der Waals surface area contributed by atoms with Crippen molar-refractivity contribution >= 4 is 23.8 Å². The van der Waals surface area contributed by atoms with Crippen molar-refractivity contribution in [1.82, 2.24) is 5.32 Å². The first-order valence-electron chi connectivity index (χ1n) is 8.39. The van der Waals surface area contributed by atoms with E-state index in [0.717, 1.165) is 12.7 Å². The van der Waals surface area contributed by atoms with Gasteiger partial charge in [0.1, 0.15) is 30.5 Å². The fraction of sp³-hybridized carbons (Fsp3) is 0.474. The van der Waals surface area contributed by atoms with E-state index in [1.54, 1.807) is 45.0 Å². The van der Waals surface area contributed by atoms with Gasteiger partial charge >= 0.3 is 18.0 Å². The van der Waals surface area contributed by atoms with Crippen LogP contribution in [-0.2, 0) is 35.2 Å². The van der Waals surface area contributed by atoms with Crippen molar-refractivity contribution in [3.63, 3.8) is 0 Å². The molecule has 0 aromatic heterocycles. The summed E-state index contributed by atoms with van der Waals surface area (Å²) in [6, 6.07) is 7.67. The minimum absolute atomic E-state index is 0.0165. The van der Waals surface area contributed by atoms with E-state index < -0.39 is 48.3 Å². The quantitative estimate of drug-likeness (QED) is 0.419. The maximum atomic E-state index is 12.3. The third-order valence-corrected chi connectivity index (χ3v) is 3.20. The largest absolute Gasteiger partial charge is 0.469 e. The lowest BCUT2D eigenvalue weighted by Crippen LogP contribution is -2.45. The zero-order valence-corrected chi connectivity index (χ0v) is 15.9. The highest BCUT2D eigenvalue weighted by atomic mass is 16.6. The van der Waals surface area contributed by atoms with Crippen molar-refractivity contribution in [2.45, 2.75) is 51.9 Å². The molecule has 0 bridgehead atoms. The fourth-order valence-electron chi connectivity index (χ4n) is 2.01. The van der Waals surface area contributed by atoms with Gasteiger partial charge < -0.3 is 19.5 Å². The van der Waals surface area contributed by atoms with Crippen LogP contribution in [0.25, 0.3) is 0 Å². The molecule has 0 saturated carbocycles. The predicted molar refractivity (Wildman–Crippen MR) is 95.7 cm³/mol. The normalized spacial score (nSPS) is 11.9. The van der Waals surface area contributed by atoms with Gasteiger partial charge in [0, 0.05) is 6.42 Å². The SMILES string of the molecule is COC(=O)CC(=O)CC(NC(=O)OC(C)(C)C)C(=O)OCc1ccccc1. The summed E-state index contributed by atoms with van der Waals surface area (Å²) in [5.74, 6) is -2.10. The Labute approximate surface area is 158 Å². The van der Waals surface area contributed by atoms with E-state index in [0.29, 0.717) is 0 Å². The van der Waals surface area contributed by atoms with Gasteiger partial charge in [-0.15, -0.1) is 0 Å². The van der Waals surface area contributed by atoms with Crippen LogP contribution >= 0.6 is 0 Å². The van der Waals surface area contributed by atoms with Gasteiger partial charge in [0.25, 0.3) is 0 Å². The van der Waals surface area contributed by atoms with E-state index in [2.05, 4.69) is 10.1 Å². The molecule has 1 aromatic rings. The summed E-state index contributed by atoms with van der Waals surface area (Å²) in [7, 11) is 1.15. The van der Waals surface area contributed by atoms with Crippen LogP contribution < -0.4 is 5.32 Å². The lowest BCUT2D eigenvalue weighted by Gasteiger charge is -2.22. The van der Waals surface area contributed by atoms with Crippen molar-refractivity contribution in [2.24, 2.45) is 0 Å². The summed E-state index contributed by atoms with van der Waals surface area (Å²) >= 11 is 0. The van der Waals surface area contributed by atoms with E-state index >= 15 is 0 Å². The Hall–Kier alpha value is -2.90. The van der Waals surface area contributed by atoms with Crippen LogP contribution in [-0.4, -0.2) is 42.6 Å². The van der Waals surface area contributed by atoms with Crippen LogP contribution in [0.1, 0.15) is 39.2 Å². The Kier molecular flexibility index (Phi) is 8.44. The Balaban J connectivity index is 2.75. The first-order chi connectivity index (χ1) is 12.6. The molecule has 1 N–H and O–H groups in total. The van der Waals surface area contributed by atoms with Crippen molar-refractivity contribution in [1.29, 1.82) is 0 Å². The van der Waals surface area contributed by atoms with Gasteiger partial charge in [-0.25, -0.2) is 9.59 Å². The molecule has 1 unspecified atom stereocenters. The molecule has 27 heavy (non-hydrogen) atoms. The number of Topliss-reactive ketones (excluding diaryl/α,β-unsaturated/α-hetero) is 1. The van der Waals surface area contributed by atoms with E-state index in [9.17, 15) is 19.2 Å². The topological polar surface area (TPSA) is 108 Å². The number of carbonyl (C=O) groups excluding carboxylic acids is 4. The van der Waals surface area contributed by atoms with Gasteiger partial charge in [0.2, 0.25) is 0 Å². The maximum Gasteiger partial charge on any atom is 0.408 e. The van der Waals surface area contributed by atoms with Crippen molar-refractivity contribution in [3.05, 3.63) is 35.9 Å². The number of alkyl carbamates (subject to hydrolysis) is 1. The number of hydrogen-bond donors (Lipinski definition) is 1. The lowest BCUT2D eigenvalue weighted by atomic mass is 10.1. The first kappa shape index (κ1) is 22.1. The molecule has 0 fully saturated rings. The lowest BCUT2D eigenvalue weighted by molar-refractivity contribution is -0.150. The average molecular weight is 379 g/mol. The van der Waals surface area contributed by atoms with Crippen molar-refractivity contribution < 1.29 is 33.4 Å². The highest BCUT2D eigenvalue weighted by molar-refractivity contribution is 5.98. The standard InChI is InChI=1S/C19H25NO7/c1-19(2,3)27-18(24)20-15(10-14(21)11-16(22)25-4)17(23)26-12-13-8-6-5-7-9-13/h5-9,15H,10-12H2,1-4H3,(H,20,24). The molecule has 0 heterocycles. The molecule has 1 aromatic carbocycles. The van der Waals surface area contributed by atoms with Gasteiger partial charge in [0.15, 0.2) is 0 Å². The molecule has 0 radical (unpaired) electrons. The molecule has 0 saturated heterocycles. The molecule has 1 rings (SSSR count). The maximum absolute atomic E-state index is 12.3. The van der Waals surface area contributed by atoms with Gasteiger partial charge in [0.05, 0.1) is 7.11 Å². The van der Waals surface area contributed by atoms with Crippen LogP contribution in [0.3, 0.4) is 0 Å². The van der Waals surface area contributed by atoms with E-state index in [1.807, 2.05) is 6.07 Å². The number of hydrogen-bond acceptors (Lipinski definition) is 7. The minimum Gasteiger partial charge on any atom is -0.469 e. The minimum atomic E-state index is -1.28. The highest BCUT2D eigenvalue weighted by Crippen LogP contribution is 2.09. The molecule has 8 nitrogen and oxygen atoms in total. The predicted octanol–water partition coefficient (Wildman–Crippen LogP) is 2.15. The third-order valence-electron chi connectivity index (χ3n) is 3.20. The van der Waals surface area contributed by atoms with Gasteiger partial charge in [-0.2, -0.15) is 0 Å². The fourth-order valence-corrected chi connectivity index (χ4v) is 2.01. The first-order valence-corrected chi connectivity index (χ1v) is 8.39. The Morgan fingerprint density at radius 3 is 2.26 bits per heavy atom. The number of ether oxygens (including phenoxy) is 3. The summed E-state index contributed by atoms with van der Waals surface area (Å²) in [6.07, 6.45) is -1.79. The zero-order chi connectivity index (χ0) is 20.4. The number of amides is 1. The molecule has 8 heteroatoms. The summed E-state index contributed by atoms with van der Waals surface area (Å²) in [5.41, 5.74) is -0.0266. The number of rotatable bonds is 8. The van der Waals surface area contributed by atoms with E-state index in [4.69, 9.17) is 9.47 Å². The third kappa shape index (κ3) is 9.39. The molecular formula is C19H25NO7. The van der Waals surface area contributed by atoms with Crippen LogP contribution in [0.15, 0.2) is 30.3 Å². The summed E-state index contributed by atoms with van der Waals surface area (Å²) in [4.78, 5) is 47.5. The highest BCUT2D eigenvalue weighted by Gasteiger charge is 2.28. The van der Waals surface area contributed by atoms with Crippen molar-refractivity contribution in [2.75, 3.05) is 7.11 Å². The summed E-state index contributed by atoms with van der Waals surface area (Å²) in [6.45, 7) is 4.98. The van der Waals surface area contributed by atoms with E-state index in [1.165, 1.54) is 0 Å². The molecule has 0 aliphatic rings. The van der Waals surface area contributed by atoms with Gasteiger partial charge in [-0.05, 0) is 26.3 Å². The molecule has 0 aliphatic carbocycles. The Morgan fingerprint density at radius 1 is 1.07 bits per heavy atom. The second kappa shape index (κ2) is 10.3. The van der Waals surface area contributed by atoms with E-state index in [-0.39, 0.29) is 6.61 Å². The number of nitrogens with one attached hydrogen (secondary N) is 1. The van der Waals surface area contributed by atoms with Crippen LogP contribution in [0.5, 0.6) is 0 Å². The second-order valence-corrected chi connectivity index (χ2v) is 6.79. The Bertz CT molecular complexity index is 664. The number of esters is 2. The summed E-state index contributed by atoms with van der Waals surface area (Å²) in [5, 5.41) is 2.32. The van der Waals surface area contributed by atoms with Crippen molar-refractivity contribution in [3.8, 4) is 0 Å². The number of ketones is 1. The summed E-state index contributed by atoms with van der Waals surface area (Å²) < 4.78 is 14.7. The Morgan fingerprint density at radius 2 is 1.70 bits per heavy atom. The number of carbonyl (C=O) groups is 4. The number of benzene rings is 1. The monoisotopic (exact) mass is 379 g/mol. The van der Waals surface area contributed by atoms with Gasteiger partial charge in [-0.1, -0.05) is 30.3 Å².